The number of nitrogens with zero attached hydrogens (tertiary/aromatic N) is 2. The van der Waals surface area contributed by atoms with Crippen LogP contribution in [0.1, 0.15) is 27.3 Å². The Morgan fingerprint density at radius 1 is 1.21 bits per heavy atom. The van der Waals surface area contributed by atoms with Gasteiger partial charge in [0.25, 0.3) is 5.91 Å². The van der Waals surface area contributed by atoms with Crippen LogP contribution in [0.4, 0.5) is 0 Å². The Bertz CT molecular complexity index is 970. The summed E-state index contributed by atoms with van der Waals surface area (Å²) in [6.07, 6.45) is 0.974. The summed E-state index contributed by atoms with van der Waals surface area (Å²) in [5.74, 6) is 0.785. The minimum Gasteiger partial charge on any atom is -0.497 e. The quantitative estimate of drug-likeness (QED) is 0.668. The molecule has 1 aliphatic rings. The Kier molecular flexibility index (Phi) is 5.92. The number of methoxy groups -OCH3 is 1. The SMILES string of the molecule is COc1ccc(-c2nc(C)c(C(=O)N[C@@H]3CCN(Cc4ccccc4)C3)s2)cc1. The lowest BCUT2D eigenvalue weighted by Gasteiger charge is -2.16. The summed E-state index contributed by atoms with van der Waals surface area (Å²) in [4.78, 5) is 20.5. The first kappa shape index (κ1) is 19.6. The summed E-state index contributed by atoms with van der Waals surface area (Å²) >= 11 is 1.44. The molecule has 6 heteroatoms. The van der Waals surface area contributed by atoms with Crippen molar-refractivity contribution >= 4 is 17.2 Å². The van der Waals surface area contributed by atoms with Gasteiger partial charge >= 0.3 is 0 Å². The highest BCUT2D eigenvalue weighted by Gasteiger charge is 2.26. The molecule has 2 heterocycles. The van der Waals surface area contributed by atoms with Crippen LogP contribution >= 0.6 is 11.3 Å². The van der Waals surface area contributed by atoms with Gasteiger partial charge in [-0.3, -0.25) is 9.69 Å². The molecule has 1 aliphatic heterocycles. The van der Waals surface area contributed by atoms with Crippen LogP contribution in [-0.2, 0) is 6.54 Å². The fourth-order valence-corrected chi connectivity index (χ4v) is 4.63. The number of nitrogens with one attached hydrogen (secondary N) is 1. The van der Waals surface area contributed by atoms with E-state index in [0.29, 0.717) is 4.88 Å². The molecule has 4 rings (SSSR count). The first-order valence-corrected chi connectivity index (χ1v) is 10.6. The Hall–Kier alpha value is -2.70. The first-order chi connectivity index (χ1) is 14.1. The molecule has 0 saturated carbocycles. The maximum Gasteiger partial charge on any atom is 0.263 e. The maximum atomic E-state index is 12.9. The van der Waals surface area contributed by atoms with E-state index in [2.05, 4.69) is 39.5 Å². The Morgan fingerprint density at radius 3 is 2.69 bits per heavy atom. The zero-order chi connectivity index (χ0) is 20.2. The lowest BCUT2D eigenvalue weighted by molar-refractivity contribution is 0.0941. The van der Waals surface area contributed by atoms with E-state index in [-0.39, 0.29) is 11.9 Å². The van der Waals surface area contributed by atoms with E-state index in [0.717, 1.165) is 48.1 Å². The monoisotopic (exact) mass is 407 g/mol. The molecule has 1 aromatic heterocycles. The highest BCUT2D eigenvalue weighted by atomic mass is 32.1. The van der Waals surface area contributed by atoms with Gasteiger partial charge in [-0.15, -0.1) is 11.3 Å². The molecule has 0 unspecified atom stereocenters. The lowest BCUT2D eigenvalue weighted by atomic mass is 10.2. The number of hydrogen-bond acceptors (Lipinski definition) is 5. The van der Waals surface area contributed by atoms with E-state index < -0.39 is 0 Å². The van der Waals surface area contributed by atoms with Crippen molar-refractivity contribution in [2.45, 2.75) is 25.9 Å². The van der Waals surface area contributed by atoms with Crippen molar-refractivity contribution in [3.8, 4) is 16.3 Å². The van der Waals surface area contributed by atoms with Crippen LogP contribution in [0.5, 0.6) is 5.75 Å². The number of thiazole rings is 1. The number of amides is 1. The molecular formula is C23H25N3O2S. The number of ether oxygens (including phenoxy) is 1. The second-order valence-corrected chi connectivity index (χ2v) is 8.34. The molecule has 1 amide bonds. The Morgan fingerprint density at radius 2 is 1.97 bits per heavy atom. The van der Waals surface area contributed by atoms with Gasteiger partial charge < -0.3 is 10.1 Å². The molecule has 1 saturated heterocycles. The van der Waals surface area contributed by atoms with E-state index >= 15 is 0 Å². The summed E-state index contributed by atoms with van der Waals surface area (Å²) in [7, 11) is 1.65. The molecule has 2 aromatic carbocycles. The van der Waals surface area contributed by atoms with Crippen molar-refractivity contribution in [2.24, 2.45) is 0 Å². The van der Waals surface area contributed by atoms with E-state index in [1.165, 1.54) is 16.9 Å². The fourth-order valence-electron chi connectivity index (χ4n) is 3.65. The standard InChI is InChI=1S/C23H25N3O2S/c1-16-21(29-23(24-16)18-8-10-20(28-2)11-9-18)22(27)25-19-12-13-26(15-19)14-17-6-4-3-5-7-17/h3-11,19H,12-15H2,1-2H3,(H,25,27)/t19-/m1/s1. The van der Waals surface area contributed by atoms with Gasteiger partial charge in [0.2, 0.25) is 0 Å². The Balaban J connectivity index is 1.38. The van der Waals surface area contributed by atoms with Gasteiger partial charge in [0.15, 0.2) is 0 Å². The number of benzene rings is 2. The molecular weight excluding hydrogens is 382 g/mol. The molecule has 29 heavy (non-hydrogen) atoms. The number of carbonyl (C=O) groups excluding carboxylic acids is 1. The van der Waals surface area contributed by atoms with Crippen LogP contribution in [0.15, 0.2) is 54.6 Å². The van der Waals surface area contributed by atoms with Crippen LogP contribution < -0.4 is 10.1 Å². The van der Waals surface area contributed by atoms with Crippen molar-refractivity contribution < 1.29 is 9.53 Å². The number of likely N-dealkylation sites (tertiary alicyclic amines) is 1. The molecule has 3 aromatic rings. The van der Waals surface area contributed by atoms with Crippen molar-refractivity contribution in [3.63, 3.8) is 0 Å². The van der Waals surface area contributed by atoms with Gasteiger partial charge in [-0.25, -0.2) is 4.98 Å². The predicted molar refractivity (Wildman–Crippen MR) is 116 cm³/mol. The highest BCUT2D eigenvalue weighted by Crippen LogP contribution is 2.29. The molecule has 5 nitrogen and oxygen atoms in total. The molecule has 0 radical (unpaired) electrons. The second-order valence-electron chi connectivity index (χ2n) is 7.34. The fraction of sp³-hybridized carbons (Fsp3) is 0.304. The van der Waals surface area contributed by atoms with Crippen LogP contribution in [0.25, 0.3) is 10.6 Å². The summed E-state index contributed by atoms with van der Waals surface area (Å²) in [5, 5.41) is 4.06. The third kappa shape index (κ3) is 4.66. The van der Waals surface area contributed by atoms with Crippen molar-refractivity contribution in [1.82, 2.24) is 15.2 Å². The van der Waals surface area contributed by atoms with Gasteiger partial charge in [-0.05, 0) is 43.2 Å². The lowest BCUT2D eigenvalue weighted by Crippen LogP contribution is -2.36. The number of hydrogen-bond donors (Lipinski definition) is 1. The number of rotatable bonds is 6. The van der Waals surface area contributed by atoms with Crippen molar-refractivity contribution in [1.29, 1.82) is 0 Å². The zero-order valence-electron chi connectivity index (χ0n) is 16.7. The molecule has 1 N–H and O–H groups in total. The topological polar surface area (TPSA) is 54.5 Å². The Labute approximate surface area is 175 Å². The predicted octanol–water partition coefficient (Wildman–Crippen LogP) is 4.13. The van der Waals surface area contributed by atoms with Gasteiger partial charge in [0.1, 0.15) is 15.6 Å². The molecule has 0 bridgehead atoms. The molecule has 0 spiro atoms. The average Bonchev–Trinajstić information content (AvgIpc) is 3.35. The minimum atomic E-state index is -0.0219. The second kappa shape index (κ2) is 8.76. The van der Waals surface area contributed by atoms with Crippen LogP contribution in [0.2, 0.25) is 0 Å². The van der Waals surface area contributed by atoms with E-state index in [9.17, 15) is 4.79 Å². The van der Waals surface area contributed by atoms with Crippen LogP contribution in [0, 0.1) is 6.92 Å². The molecule has 150 valence electrons. The normalized spacial score (nSPS) is 16.7. The van der Waals surface area contributed by atoms with Crippen molar-refractivity contribution in [3.05, 3.63) is 70.7 Å². The van der Waals surface area contributed by atoms with Crippen LogP contribution in [-0.4, -0.2) is 42.0 Å². The smallest absolute Gasteiger partial charge is 0.263 e. The van der Waals surface area contributed by atoms with Gasteiger partial charge in [0, 0.05) is 31.2 Å². The highest BCUT2D eigenvalue weighted by molar-refractivity contribution is 7.17. The summed E-state index contributed by atoms with van der Waals surface area (Å²) < 4.78 is 5.21. The van der Waals surface area contributed by atoms with E-state index in [1.807, 2.05) is 37.3 Å². The minimum absolute atomic E-state index is 0.0219. The molecule has 1 fully saturated rings. The zero-order valence-corrected chi connectivity index (χ0v) is 17.5. The number of aryl methyl sites for hydroxylation is 1. The maximum absolute atomic E-state index is 12.9. The van der Waals surface area contributed by atoms with Gasteiger partial charge in [-0.2, -0.15) is 0 Å². The molecule has 1 atom stereocenters. The number of aromatic nitrogens is 1. The third-order valence-electron chi connectivity index (χ3n) is 5.20. The third-order valence-corrected chi connectivity index (χ3v) is 6.40. The largest absolute Gasteiger partial charge is 0.497 e. The van der Waals surface area contributed by atoms with Gasteiger partial charge in [0.05, 0.1) is 12.8 Å². The summed E-state index contributed by atoms with van der Waals surface area (Å²) in [6, 6.07) is 18.4. The summed E-state index contributed by atoms with van der Waals surface area (Å²) in [6.45, 7) is 4.70. The van der Waals surface area contributed by atoms with E-state index in [1.54, 1.807) is 7.11 Å². The van der Waals surface area contributed by atoms with Crippen LogP contribution in [0.3, 0.4) is 0 Å². The summed E-state index contributed by atoms with van der Waals surface area (Å²) in [5.41, 5.74) is 3.08. The first-order valence-electron chi connectivity index (χ1n) is 9.81. The van der Waals surface area contributed by atoms with E-state index in [4.69, 9.17) is 4.74 Å². The average molecular weight is 408 g/mol. The number of carbonyl (C=O) groups is 1. The van der Waals surface area contributed by atoms with Gasteiger partial charge in [-0.1, -0.05) is 30.3 Å². The van der Waals surface area contributed by atoms with Crippen molar-refractivity contribution in [2.75, 3.05) is 20.2 Å². The molecule has 0 aliphatic carbocycles.